The van der Waals surface area contributed by atoms with Gasteiger partial charge in [0.05, 0.1) is 4.90 Å². The van der Waals surface area contributed by atoms with Crippen molar-refractivity contribution in [1.82, 2.24) is 5.43 Å². The van der Waals surface area contributed by atoms with E-state index in [0.717, 1.165) is 12.0 Å². The summed E-state index contributed by atoms with van der Waals surface area (Å²) in [5.41, 5.74) is 3.76. The highest BCUT2D eigenvalue weighted by Gasteiger charge is 2.20. The van der Waals surface area contributed by atoms with Crippen LogP contribution < -0.4 is 5.43 Å². The molecule has 1 aliphatic carbocycles. The molecule has 0 aromatic heterocycles. The molecule has 7 heteroatoms. The van der Waals surface area contributed by atoms with Gasteiger partial charge in [0, 0.05) is 18.6 Å². The topological polar surface area (TPSA) is 92.7 Å². The third kappa shape index (κ3) is 4.49. The Kier molecular flexibility index (Phi) is 5.07. The highest BCUT2D eigenvalue weighted by atomic mass is 32.2. The van der Waals surface area contributed by atoms with E-state index in [1.54, 1.807) is 12.1 Å². The fourth-order valence-electron chi connectivity index (χ4n) is 2.16. The largest absolute Gasteiger partial charge is 0.299 e. The summed E-state index contributed by atoms with van der Waals surface area (Å²) in [6.45, 7) is 1.85. The first-order chi connectivity index (χ1) is 10.4. The molecule has 0 unspecified atom stereocenters. The van der Waals surface area contributed by atoms with Gasteiger partial charge in [-0.1, -0.05) is 17.7 Å². The Morgan fingerprint density at radius 2 is 1.91 bits per heavy atom. The second kappa shape index (κ2) is 6.83. The molecule has 0 radical (unpaired) electrons. The van der Waals surface area contributed by atoms with Crippen molar-refractivity contribution in [2.24, 2.45) is 5.10 Å². The molecule has 1 saturated carbocycles. The van der Waals surface area contributed by atoms with Gasteiger partial charge in [0.15, 0.2) is 9.84 Å². The molecule has 1 amide bonds. The third-order valence-electron chi connectivity index (χ3n) is 3.36. The molecule has 1 N–H and O–H groups in total. The van der Waals surface area contributed by atoms with E-state index in [-0.39, 0.29) is 17.1 Å². The number of nitrogens with zero attached hydrogens (tertiary/aromatic N) is 1. The second-order valence-electron chi connectivity index (χ2n) is 5.35. The molecule has 6 nitrogen and oxygen atoms in total. The number of aryl methyl sites for hydroxylation is 1. The molecular formula is C15H18N2O4S. The molecule has 0 aliphatic heterocycles. The number of hydrogen-bond acceptors (Lipinski definition) is 5. The summed E-state index contributed by atoms with van der Waals surface area (Å²) in [6, 6.07) is 6.31. The van der Waals surface area contributed by atoms with Crippen molar-refractivity contribution >= 4 is 27.2 Å². The summed E-state index contributed by atoms with van der Waals surface area (Å²) in [4.78, 5) is 23.1. The van der Waals surface area contributed by atoms with Crippen LogP contribution in [0.5, 0.6) is 0 Å². The van der Waals surface area contributed by atoms with E-state index in [0.29, 0.717) is 18.6 Å². The van der Waals surface area contributed by atoms with Crippen LogP contribution in [-0.2, 0) is 19.4 Å². The molecule has 1 aliphatic rings. The van der Waals surface area contributed by atoms with Crippen molar-refractivity contribution in [3.63, 3.8) is 0 Å². The monoisotopic (exact) mass is 322 g/mol. The van der Waals surface area contributed by atoms with E-state index in [1.807, 2.05) is 6.92 Å². The van der Waals surface area contributed by atoms with Crippen LogP contribution in [0.25, 0.3) is 0 Å². The average Bonchev–Trinajstić information content (AvgIpc) is 2.45. The summed E-state index contributed by atoms with van der Waals surface area (Å²) >= 11 is 0. The van der Waals surface area contributed by atoms with Gasteiger partial charge in [-0.25, -0.2) is 13.8 Å². The Balaban J connectivity index is 1.97. The smallest absolute Gasteiger partial charge is 0.255 e. The number of carbonyl (C=O) groups excluding carboxylic acids is 2. The quantitative estimate of drug-likeness (QED) is 0.848. The van der Waals surface area contributed by atoms with E-state index in [2.05, 4.69) is 10.5 Å². The van der Waals surface area contributed by atoms with Gasteiger partial charge >= 0.3 is 0 Å². The minimum atomic E-state index is -3.69. The molecule has 0 spiro atoms. The maximum atomic E-state index is 12.1. The van der Waals surface area contributed by atoms with Gasteiger partial charge in [-0.2, -0.15) is 5.10 Å². The van der Waals surface area contributed by atoms with E-state index < -0.39 is 21.5 Å². The van der Waals surface area contributed by atoms with Crippen molar-refractivity contribution in [1.29, 1.82) is 0 Å². The molecule has 0 atom stereocenters. The lowest BCUT2D eigenvalue weighted by Gasteiger charge is -2.11. The number of rotatable bonds is 4. The van der Waals surface area contributed by atoms with Crippen molar-refractivity contribution < 1.29 is 18.0 Å². The number of hydrazone groups is 1. The van der Waals surface area contributed by atoms with Crippen LogP contribution in [0.2, 0.25) is 0 Å². The van der Waals surface area contributed by atoms with Crippen LogP contribution >= 0.6 is 0 Å². The van der Waals surface area contributed by atoms with Crippen LogP contribution in [0.15, 0.2) is 34.3 Å². The van der Waals surface area contributed by atoms with Gasteiger partial charge in [-0.05, 0) is 31.9 Å². The molecule has 0 heterocycles. The van der Waals surface area contributed by atoms with Gasteiger partial charge in [-0.15, -0.1) is 0 Å². The standard InChI is InChI=1S/C15H18N2O4S/c1-11-5-7-14(8-6-11)22(20,21)10-15(19)17-16-12-3-2-4-13(18)9-12/h5-8H,2-4,9-10H2,1H3,(H,17,19). The lowest BCUT2D eigenvalue weighted by atomic mass is 9.97. The van der Waals surface area contributed by atoms with Crippen LogP contribution in [0.1, 0.15) is 31.2 Å². The average molecular weight is 322 g/mol. The molecule has 1 aromatic carbocycles. The molecule has 118 valence electrons. The number of ketones is 1. The summed E-state index contributed by atoms with van der Waals surface area (Å²) in [5.74, 6) is -1.28. The van der Waals surface area contributed by atoms with Gasteiger partial charge in [0.2, 0.25) is 0 Å². The maximum absolute atomic E-state index is 12.1. The lowest BCUT2D eigenvalue weighted by molar-refractivity contribution is -0.119. The normalized spacial score (nSPS) is 17.5. The Hall–Kier alpha value is -2.02. The Labute approximate surface area is 129 Å². The molecule has 1 aromatic rings. The number of benzene rings is 1. The van der Waals surface area contributed by atoms with Crippen LogP contribution in [0.3, 0.4) is 0 Å². The number of nitrogens with one attached hydrogen (secondary N) is 1. The highest BCUT2D eigenvalue weighted by Crippen LogP contribution is 2.13. The molecule has 22 heavy (non-hydrogen) atoms. The summed E-state index contributed by atoms with van der Waals surface area (Å²) in [6.07, 6.45) is 2.13. The van der Waals surface area contributed by atoms with Crippen molar-refractivity contribution in [3.05, 3.63) is 29.8 Å². The molecule has 0 bridgehead atoms. The van der Waals surface area contributed by atoms with E-state index in [9.17, 15) is 18.0 Å². The highest BCUT2D eigenvalue weighted by molar-refractivity contribution is 7.92. The van der Waals surface area contributed by atoms with Gasteiger partial charge in [0.1, 0.15) is 11.5 Å². The Bertz CT molecular complexity index is 706. The summed E-state index contributed by atoms with van der Waals surface area (Å²) in [5, 5.41) is 3.86. The predicted octanol–water partition coefficient (Wildman–Crippen LogP) is 1.38. The van der Waals surface area contributed by atoms with E-state index >= 15 is 0 Å². The van der Waals surface area contributed by atoms with Crippen LogP contribution in [0.4, 0.5) is 0 Å². The zero-order valence-electron chi connectivity index (χ0n) is 12.3. The maximum Gasteiger partial charge on any atom is 0.255 e. The first-order valence-corrected chi connectivity index (χ1v) is 8.67. The SMILES string of the molecule is Cc1ccc(S(=O)(=O)CC(=O)NN=C2CCCC(=O)C2)cc1. The molecular weight excluding hydrogens is 304 g/mol. The first kappa shape index (κ1) is 16.4. The Morgan fingerprint density at radius 3 is 2.55 bits per heavy atom. The molecule has 2 rings (SSSR count). The number of sulfone groups is 1. The Morgan fingerprint density at radius 1 is 1.23 bits per heavy atom. The third-order valence-corrected chi connectivity index (χ3v) is 4.99. The van der Waals surface area contributed by atoms with Crippen LogP contribution in [0, 0.1) is 6.92 Å². The fourth-order valence-corrected chi connectivity index (χ4v) is 3.29. The number of amides is 1. The van der Waals surface area contributed by atoms with E-state index in [4.69, 9.17) is 0 Å². The van der Waals surface area contributed by atoms with E-state index in [1.165, 1.54) is 12.1 Å². The molecule has 0 saturated heterocycles. The van der Waals surface area contributed by atoms with Gasteiger partial charge in [0.25, 0.3) is 5.91 Å². The summed E-state index contributed by atoms with van der Waals surface area (Å²) in [7, 11) is -3.69. The van der Waals surface area contributed by atoms with Crippen molar-refractivity contribution in [2.45, 2.75) is 37.5 Å². The van der Waals surface area contributed by atoms with Crippen LogP contribution in [-0.4, -0.2) is 31.6 Å². The second-order valence-corrected chi connectivity index (χ2v) is 7.34. The number of Topliss-reactive ketones (excluding diaryl/α,β-unsaturated/α-hetero) is 1. The number of hydrogen-bond donors (Lipinski definition) is 1. The van der Waals surface area contributed by atoms with Crippen molar-refractivity contribution in [3.8, 4) is 0 Å². The number of carbonyl (C=O) groups is 2. The minimum absolute atomic E-state index is 0.0894. The zero-order chi connectivity index (χ0) is 16.2. The first-order valence-electron chi connectivity index (χ1n) is 7.02. The summed E-state index contributed by atoms with van der Waals surface area (Å²) < 4.78 is 24.2. The van der Waals surface area contributed by atoms with Crippen molar-refractivity contribution in [2.75, 3.05) is 5.75 Å². The zero-order valence-corrected chi connectivity index (χ0v) is 13.1. The molecule has 1 fully saturated rings. The van der Waals surface area contributed by atoms with Gasteiger partial charge in [-0.3, -0.25) is 9.59 Å². The van der Waals surface area contributed by atoms with Gasteiger partial charge < -0.3 is 0 Å². The lowest BCUT2D eigenvalue weighted by Crippen LogP contribution is -2.28. The fraction of sp³-hybridized carbons (Fsp3) is 0.400. The minimum Gasteiger partial charge on any atom is -0.299 e. The predicted molar refractivity (Wildman–Crippen MR) is 82.3 cm³/mol.